The van der Waals surface area contributed by atoms with E-state index in [0.717, 1.165) is 62.5 Å². The second-order valence-corrected chi connectivity index (χ2v) is 21.3. The molecule has 7 rings (SSSR count). The van der Waals surface area contributed by atoms with Crippen molar-refractivity contribution >= 4 is 35.3 Å². The third kappa shape index (κ3) is 6.33. The van der Waals surface area contributed by atoms with Crippen LogP contribution in [0.5, 0.6) is 0 Å². The number of rotatable bonds is 8. The summed E-state index contributed by atoms with van der Waals surface area (Å²) in [5.74, 6) is -0.244. The van der Waals surface area contributed by atoms with Gasteiger partial charge in [0.2, 0.25) is 0 Å². The summed E-state index contributed by atoms with van der Waals surface area (Å²) in [6.07, 6.45) is 7.40. The normalized spacial score (nSPS) is 38.8. The van der Waals surface area contributed by atoms with Crippen molar-refractivity contribution in [2.24, 2.45) is 56.2 Å². The number of nitrogens with zero attached hydrogens (tertiary/aromatic N) is 1. The number of Topliss-reactive ketones (excluding diaryl/α,β-unsaturated/α-hetero) is 1. The summed E-state index contributed by atoms with van der Waals surface area (Å²) in [6.45, 7) is 21.1. The van der Waals surface area contributed by atoms with E-state index in [2.05, 4.69) is 53.4 Å². The number of carbonyl (C=O) groups excluding carboxylic acids is 3. The van der Waals surface area contributed by atoms with Crippen LogP contribution in [0.2, 0.25) is 5.02 Å². The van der Waals surface area contributed by atoms with Crippen molar-refractivity contribution in [2.75, 3.05) is 13.1 Å². The van der Waals surface area contributed by atoms with Crippen molar-refractivity contribution in [2.45, 2.75) is 145 Å². The molecule has 1 heterocycles. The fourth-order valence-corrected chi connectivity index (χ4v) is 14.0. The summed E-state index contributed by atoms with van der Waals surface area (Å²) in [6, 6.07) is 7.81. The molecule has 0 spiro atoms. The molecule has 1 aromatic carbocycles. The molecular formula is C46H64ClNO7. The summed E-state index contributed by atoms with van der Waals surface area (Å²) in [4.78, 5) is 54.8. The summed E-state index contributed by atoms with van der Waals surface area (Å²) in [7, 11) is 0. The molecule has 9 heteroatoms. The maximum absolute atomic E-state index is 14.3. The zero-order valence-electron chi connectivity index (χ0n) is 34.7. The molecule has 1 saturated heterocycles. The zero-order chi connectivity index (χ0) is 40.1. The molecule has 1 aromatic rings. The van der Waals surface area contributed by atoms with Crippen LogP contribution in [0, 0.1) is 56.2 Å². The number of hydrogen-bond donors (Lipinski definition) is 1. The number of carbonyl (C=O) groups is 4. The summed E-state index contributed by atoms with van der Waals surface area (Å²) < 4.78 is 12.6. The van der Waals surface area contributed by atoms with Crippen LogP contribution in [0.15, 0.2) is 35.4 Å². The van der Waals surface area contributed by atoms with E-state index in [1.165, 1.54) is 5.57 Å². The Morgan fingerprint density at radius 3 is 2.29 bits per heavy atom. The largest absolute Gasteiger partial charge is 0.481 e. The van der Waals surface area contributed by atoms with Crippen molar-refractivity contribution in [3.05, 3.63) is 46.0 Å². The van der Waals surface area contributed by atoms with Crippen LogP contribution >= 0.6 is 11.6 Å². The molecule has 0 aromatic heterocycles. The average Bonchev–Trinajstić information content (AvgIpc) is 3.40. The number of hydrogen-bond acceptors (Lipinski definition) is 7. The highest BCUT2D eigenvalue weighted by molar-refractivity contribution is 6.30. The van der Waals surface area contributed by atoms with Crippen molar-refractivity contribution in [1.29, 1.82) is 0 Å². The van der Waals surface area contributed by atoms with E-state index in [4.69, 9.17) is 21.1 Å². The zero-order valence-corrected chi connectivity index (χ0v) is 35.4. The molecule has 8 nitrogen and oxygen atoms in total. The van der Waals surface area contributed by atoms with Crippen LogP contribution in [0.25, 0.3) is 0 Å². The van der Waals surface area contributed by atoms with Gasteiger partial charge in [-0.2, -0.15) is 0 Å². The number of morpholine rings is 1. The number of aliphatic carboxylic acids is 1. The first-order valence-electron chi connectivity index (χ1n) is 21.0. The van der Waals surface area contributed by atoms with Gasteiger partial charge in [-0.05, 0) is 134 Å². The summed E-state index contributed by atoms with van der Waals surface area (Å²) in [5.41, 5.74) is 1.53. The Balaban J connectivity index is 1.18. The molecule has 5 fully saturated rings. The first kappa shape index (κ1) is 40.5. The second kappa shape index (κ2) is 13.7. The molecule has 55 heavy (non-hydrogen) atoms. The van der Waals surface area contributed by atoms with Crippen LogP contribution in [0.3, 0.4) is 0 Å². The smallest absolute Gasteiger partial charge is 0.320 e. The van der Waals surface area contributed by atoms with E-state index >= 15 is 0 Å². The Hall–Kier alpha value is -2.71. The van der Waals surface area contributed by atoms with Gasteiger partial charge >= 0.3 is 17.9 Å². The fraction of sp³-hybridized carbons (Fsp3) is 0.739. The Kier molecular flexibility index (Phi) is 10.1. The minimum absolute atomic E-state index is 0.0308. The molecule has 0 bridgehead atoms. The molecule has 9 atom stereocenters. The number of carboxylic acid groups (broad SMARTS) is 1. The Labute approximate surface area is 333 Å². The minimum Gasteiger partial charge on any atom is -0.481 e. The number of ether oxygens (including phenoxy) is 2. The Morgan fingerprint density at radius 2 is 1.64 bits per heavy atom. The minimum atomic E-state index is -1.17. The maximum atomic E-state index is 14.3. The molecule has 1 N–H and O–H groups in total. The lowest BCUT2D eigenvalue weighted by Crippen LogP contribution is -2.66. The topological polar surface area (TPSA) is 110 Å². The van der Waals surface area contributed by atoms with Crippen molar-refractivity contribution in [3.8, 4) is 0 Å². The van der Waals surface area contributed by atoms with Crippen LogP contribution in [-0.2, 0) is 35.2 Å². The first-order valence-corrected chi connectivity index (χ1v) is 21.3. The number of ketones is 1. The van der Waals surface area contributed by atoms with E-state index in [-0.39, 0.29) is 70.4 Å². The molecule has 0 amide bonds. The molecule has 2 unspecified atom stereocenters. The van der Waals surface area contributed by atoms with Gasteiger partial charge in [0.05, 0.1) is 18.4 Å². The molecule has 302 valence electrons. The van der Waals surface area contributed by atoms with Crippen LogP contribution in [0.4, 0.5) is 0 Å². The average molecular weight is 778 g/mol. The number of esters is 2. The van der Waals surface area contributed by atoms with Gasteiger partial charge < -0.3 is 14.6 Å². The molecule has 5 aliphatic carbocycles. The van der Waals surface area contributed by atoms with Gasteiger partial charge in [0.15, 0.2) is 5.78 Å². The Morgan fingerprint density at radius 1 is 0.945 bits per heavy atom. The van der Waals surface area contributed by atoms with E-state index in [1.807, 2.05) is 24.3 Å². The first-order chi connectivity index (χ1) is 25.6. The highest BCUT2D eigenvalue weighted by Crippen LogP contribution is 2.77. The van der Waals surface area contributed by atoms with E-state index in [0.29, 0.717) is 36.4 Å². The lowest BCUT2D eigenvalue weighted by molar-refractivity contribution is -0.236. The van der Waals surface area contributed by atoms with Crippen LogP contribution in [0.1, 0.15) is 132 Å². The van der Waals surface area contributed by atoms with E-state index in [9.17, 15) is 24.3 Å². The van der Waals surface area contributed by atoms with Crippen LogP contribution in [-0.4, -0.2) is 59.0 Å². The van der Waals surface area contributed by atoms with Gasteiger partial charge in [0.1, 0.15) is 12.2 Å². The third-order valence-corrected chi connectivity index (χ3v) is 17.1. The van der Waals surface area contributed by atoms with Gasteiger partial charge in [-0.1, -0.05) is 72.2 Å². The van der Waals surface area contributed by atoms with Gasteiger partial charge in [-0.25, -0.2) is 0 Å². The van der Waals surface area contributed by atoms with Crippen molar-refractivity contribution in [3.63, 3.8) is 0 Å². The van der Waals surface area contributed by atoms with Gasteiger partial charge in [-0.15, -0.1) is 0 Å². The SMILES string of the molecule is CC(C)C1=C2[C@H]3CCC4[C@@]5(C)CC[C@H](OC(=O)CC(C)(C)C(=O)O)C(C)(C)[C@@H]5CC[C@@]4(C)[C@]3(C)CC[C@@]2(C2CN(Cc3ccc(Cl)cc3)CC(=O)O2)CC1=O. The lowest BCUT2D eigenvalue weighted by atomic mass is 9.33. The van der Waals surface area contributed by atoms with E-state index in [1.54, 1.807) is 13.8 Å². The van der Waals surface area contributed by atoms with Crippen molar-refractivity contribution in [1.82, 2.24) is 4.90 Å². The standard InChI is InChI=1S/C46H64ClNO7/c1-27(2)38-31(49)22-46(35-25-48(26-37(51)55-35)24-28-10-12-29(47)13-11-28)21-20-44(8)30(39(38)46)14-15-33-43(7)18-17-34(54-36(50)23-41(3,4)40(52)53)42(5,6)32(43)16-19-45(33,44)9/h10-13,27,30,32-35H,14-26H2,1-9H3,(H,52,53)/t30-,32+,33?,34+,35?,43+,44-,45-,46+/m1/s1. The number of carboxylic acids is 1. The number of allylic oxidation sites excluding steroid dienone is 1. The number of benzene rings is 1. The van der Waals surface area contributed by atoms with Gasteiger partial charge in [0, 0.05) is 35.4 Å². The third-order valence-electron chi connectivity index (χ3n) is 16.8. The molecule has 0 radical (unpaired) electrons. The van der Waals surface area contributed by atoms with Gasteiger partial charge in [-0.3, -0.25) is 24.1 Å². The highest BCUT2D eigenvalue weighted by Gasteiger charge is 2.71. The number of cyclic esters (lactones) is 1. The van der Waals surface area contributed by atoms with Gasteiger partial charge in [0.25, 0.3) is 0 Å². The predicted molar refractivity (Wildman–Crippen MR) is 212 cm³/mol. The fourth-order valence-electron chi connectivity index (χ4n) is 13.9. The Bertz CT molecular complexity index is 1780. The maximum Gasteiger partial charge on any atom is 0.320 e. The summed E-state index contributed by atoms with van der Waals surface area (Å²) in [5, 5.41) is 10.3. The number of fused-ring (bicyclic) bond motifs is 7. The monoisotopic (exact) mass is 777 g/mol. The summed E-state index contributed by atoms with van der Waals surface area (Å²) >= 11 is 6.18. The number of halogens is 1. The lowest BCUT2D eigenvalue weighted by Gasteiger charge is -2.72. The van der Waals surface area contributed by atoms with Crippen molar-refractivity contribution < 1.29 is 33.8 Å². The molecule has 6 aliphatic rings. The van der Waals surface area contributed by atoms with E-state index < -0.39 is 22.8 Å². The highest BCUT2D eigenvalue weighted by atomic mass is 35.5. The molecule has 1 aliphatic heterocycles. The van der Waals surface area contributed by atoms with Crippen LogP contribution < -0.4 is 0 Å². The quantitative estimate of drug-likeness (QED) is 0.260. The predicted octanol–water partition coefficient (Wildman–Crippen LogP) is 9.46. The molecule has 4 saturated carbocycles. The molecular weight excluding hydrogens is 714 g/mol. The second-order valence-electron chi connectivity index (χ2n) is 20.8.